The number of hydrogen-bond donors (Lipinski definition) is 1. The topological polar surface area (TPSA) is 60.9 Å². The number of amides is 2. The zero-order valence-electron chi connectivity index (χ0n) is 12.9. The first-order chi connectivity index (χ1) is 9.24. The van der Waals surface area contributed by atoms with Crippen LogP contribution in [0.4, 0.5) is 4.79 Å². The fourth-order valence-electron chi connectivity index (χ4n) is 3.45. The highest BCUT2D eigenvalue weighted by molar-refractivity contribution is 5.79. The van der Waals surface area contributed by atoms with Crippen molar-refractivity contribution in [2.45, 2.75) is 46.6 Å². The number of carboxylic acids is 1. The van der Waals surface area contributed by atoms with Gasteiger partial charge in [0.05, 0.1) is 5.41 Å². The fourth-order valence-corrected chi connectivity index (χ4v) is 3.45. The second-order valence-electron chi connectivity index (χ2n) is 7.03. The molecular weight excluding hydrogens is 256 g/mol. The Labute approximate surface area is 120 Å². The van der Waals surface area contributed by atoms with Crippen LogP contribution in [0.15, 0.2) is 0 Å². The zero-order chi connectivity index (χ0) is 15.1. The highest BCUT2D eigenvalue weighted by atomic mass is 16.4. The quantitative estimate of drug-likeness (QED) is 0.802. The lowest BCUT2D eigenvalue weighted by atomic mass is 9.86. The van der Waals surface area contributed by atoms with Gasteiger partial charge in [0.25, 0.3) is 0 Å². The first-order valence-electron chi connectivity index (χ1n) is 7.53. The molecule has 5 nitrogen and oxygen atoms in total. The van der Waals surface area contributed by atoms with Crippen molar-refractivity contribution in [1.29, 1.82) is 0 Å². The van der Waals surface area contributed by atoms with Crippen LogP contribution in [0.3, 0.4) is 0 Å². The number of rotatable bonds is 1. The molecule has 2 heterocycles. The third-order valence-corrected chi connectivity index (χ3v) is 5.10. The summed E-state index contributed by atoms with van der Waals surface area (Å²) in [4.78, 5) is 27.6. The largest absolute Gasteiger partial charge is 0.481 e. The molecule has 2 aliphatic rings. The average molecular weight is 282 g/mol. The predicted octanol–water partition coefficient (Wildman–Crippen LogP) is 2.27. The van der Waals surface area contributed by atoms with Crippen LogP contribution < -0.4 is 0 Å². The van der Waals surface area contributed by atoms with Crippen molar-refractivity contribution in [2.75, 3.05) is 19.6 Å². The summed E-state index contributed by atoms with van der Waals surface area (Å²) < 4.78 is 0. The van der Waals surface area contributed by atoms with Gasteiger partial charge in [-0.15, -0.1) is 0 Å². The molecule has 0 aliphatic carbocycles. The number of hydrogen-bond acceptors (Lipinski definition) is 2. The summed E-state index contributed by atoms with van der Waals surface area (Å²) in [5.41, 5.74) is -0.786. The molecule has 2 saturated heterocycles. The van der Waals surface area contributed by atoms with E-state index in [-0.39, 0.29) is 12.1 Å². The third kappa shape index (κ3) is 2.63. The van der Waals surface area contributed by atoms with Gasteiger partial charge in [0.15, 0.2) is 0 Å². The number of carbonyl (C=O) groups excluding carboxylic acids is 1. The van der Waals surface area contributed by atoms with Gasteiger partial charge in [0.2, 0.25) is 0 Å². The maximum absolute atomic E-state index is 12.7. The Hall–Kier alpha value is -1.26. The average Bonchev–Trinajstić information content (AvgIpc) is 2.77. The third-order valence-electron chi connectivity index (χ3n) is 5.10. The van der Waals surface area contributed by atoms with Crippen LogP contribution in [-0.2, 0) is 4.79 Å². The highest BCUT2D eigenvalue weighted by Gasteiger charge is 2.44. The molecule has 114 valence electrons. The molecule has 2 amide bonds. The molecule has 20 heavy (non-hydrogen) atoms. The molecule has 0 aromatic carbocycles. The van der Waals surface area contributed by atoms with Gasteiger partial charge < -0.3 is 14.9 Å². The summed E-state index contributed by atoms with van der Waals surface area (Å²) in [6.45, 7) is 9.85. The van der Waals surface area contributed by atoms with Crippen LogP contribution >= 0.6 is 0 Å². The van der Waals surface area contributed by atoms with Crippen LogP contribution in [-0.4, -0.2) is 52.6 Å². The molecule has 4 unspecified atom stereocenters. The number of nitrogens with zero attached hydrogens (tertiary/aromatic N) is 2. The molecule has 0 radical (unpaired) electrons. The number of aliphatic carboxylic acids is 1. The molecule has 0 aromatic heterocycles. The summed E-state index contributed by atoms with van der Waals surface area (Å²) >= 11 is 0. The predicted molar refractivity (Wildman–Crippen MR) is 76.4 cm³/mol. The van der Waals surface area contributed by atoms with Crippen LogP contribution in [0.5, 0.6) is 0 Å². The minimum Gasteiger partial charge on any atom is -0.481 e. The van der Waals surface area contributed by atoms with E-state index in [9.17, 15) is 14.7 Å². The van der Waals surface area contributed by atoms with Crippen molar-refractivity contribution in [3.05, 3.63) is 0 Å². The van der Waals surface area contributed by atoms with Crippen LogP contribution in [0, 0.1) is 17.3 Å². The first-order valence-corrected chi connectivity index (χ1v) is 7.53. The molecule has 5 heteroatoms. The monoisotopic (exact) mass is 282 g/mol. The molecule has 0 spiro atoms. The van der Waals surface area contributed by atoms with Gasteiger partial charge in [-0.05, 0) is 38.5 Å². The van der Waals surface area contributed by atoms with Gasteiger partial charge in [-0.3, -0.25) is 4.79 Å². The van der Waals surface area contributed by atoms with Gasteiger partial charge >= 0.3 is 12.0 Å². The Morgan fingerprint density at radius 3 is 2.45 bits per heavy atom. The second-order valence-corrected chi connectivity index (χ2v) is 7.03. The van der Waals surface area contributed by atoms with E-state index in [4.69, 9.17) is 0 Å². The smallest absolute Gasteiger partial charge is 0.320 e. The van der Waals surface area contributed by atoms with Crippen LogP contribution in [0.25, 0.3) is 0 Å². The van der Waals surface area contributed by atoms with E-state index in [1.165, 1.54) is 0 Å². The van der Waals surface area contributed by atoms with Crippen molar-refractivity contribution < 1.29 is 14.7 Å². The van der Waals surface area contributed by atoms with E-state index >= 15 is 0 Å². The number of piperidine rings is 1. The zero-order valence-corrected chi connectivity index (χ0v) is 12.9. The Kier molecular flexibility index (Phi) is 3.98. The number of carboxylic acid groups (broad SMARTS) is 1. The Morgan fingerprint density at radius 1 is 1.25 bits per heavy atom. The van der Waals surface area contributed by atoms with Crippen molar-refractivity contribution in [3.63, 3.8) is 0 Å². The molecule has 1 N–H and O–H groups in total. The number of likely N-dealkylation sites (tertiary alicyclic amines) is 2. The molecule has 4 atom stereocenters. The fraction of sp³-hybridized carbons (Fsp3) is 0.867. The van der Waals surface area contributed by atoms with Crippen LogP contribution in [0.1, 0.15) is 40.5 Å². The van der Waals surface area contributed by atoms with E-state index in [1.54, 1.807) is 11.8 Å². The maximum Gasteiger partial charge on any atom is 0.320 e. The first kappa shape index (κ1) is 15.1. The summed E-state index contributed by atoms with van der Waals surface area (Å²) in [5, 5.41) is 9.27. The highest BCUT2D eigenvalue weighted by Crippen LogP contribution is 2.33. The van der Waals surface area contributed by atoms with Gasteiger partial charge in [0, 0.05) is 25.7 Å². The SMILES string of the molecule is CC1CC(C)C(C)N(C(=O)N2CCC(C)(C(=O)O)C2)C1. The molecule has 0 aromatic rings. The minimum atomic E-state index is -0.804. The standard InChI is InChI=1S/C15H26N2O3/c1-10-7-11(2)12(3)17(8-10)14(20)16-6-5-15(4,9-16)13(18)19/h10-12H,5-9H2,1-4H3,(H,18,19). The molecular formula is C15H26N2O3. The van der Waals surface area contributed by atoms with Crippen molar-refractivity contribution >= 4 is 12.0 Å². The van der Waals surface area contributed by atoms with Crippen molar-refractivity contribution in [3.8, 4) is 0 Å². The summed E-state index contributed by atoms with van der Waals surface area (Å²) in [6.07, 6.45) is 1.69. The molecule has 2 aliphatic heterocycles. The number of carbonyl (C=O) groups is 2. The van der Waals surface area contributed by atoms with E-state index in [1.807, 2.05) is 4.90 Å². The Bertz CT molecular complexity index is 412. The van der Waals surface area contributed by atoms with Crippen molar-refractivity contribution in [1.82, 2.24) is 9.80 Å². The summed E-state index contributed by atoms with van der Waals surface area (Å²) in [7, 11) is 0. The lowest BCUT2D eigenvalue weighted by molar-refractivity contribution is -0.147. The molecule has 2 rings (SSSR count). The van der Waals surface area contributed by atoms with Gasteiger partial charge in [-0.1, -0.05) is 13.8 Å². The van der Waals surface area contributed by atoms with Gasteiger partial charge in [-0.25, -0.2) is 4.79 Å². The summed E-state index contributed by atoms with van der Waals surface area (Å²) in [6, 6.07) is 0.247. The normalized spacial score (nSPS) is 38.1. The second kappa shape index (κ2) is 5.26. The Balaban J connectivity index is 2.07. The number of urea groups is 1. The molecule has 0 bridgehead atoms. The summed E-state index contributed by atoms with van der Waals surface area (Å²) in [5.74, 6) is 0.205. The van der Waals surface area contributed by atoms with Gasteiger partial charge in [0.1, 0.15) is 0 Å². The molecule has 0 saturated carbocycles. The molecule has 2 fully saturated rings. The van der Waals surface area contributed by atoms with E-state index < -0.39 is 11.4 Å². The Morgan fingerprint density at radius 2 is 1.90 bits per heavy atom. The van der Waals surface area contributed by atoms with Crippen molar-refractivity contribution in [2.24, 2.45) is 17.3 Å². The van der Waals surface area contributed by atoms with E-state index in [0.717, 1.165) is 13.0 Å². The van der Waals surface area contributed by atoms with E-state index in [0.29, 0.717) is 31.3 Å². The maximum atomic E-state index is 12.7. The van der Waals surface area contributed by atoms with E-state index in [2.05, 4.69) is 20.8 Å². The minimum absolute atomic E-state index is 0.0147. The lowest BCUT2D eigenvalue weighted by Gasteiger charge is -2.42. The lowest BCUT2D eigenvalue weighted by Crippen LogP contribution is -2.53. The van der Waals surface area contributed by atoms with Crippen LogP contribution in [0.2, 0.25) is 0 Å². The van der Waals surface area contributed by atoms with Gasteiger partial charge in [-0.2, -0.15) is 0 Å².